The van der Waals surface area contributed by atoms with Gasteiger partial charge in [0.1, 0.15) is 5.75 Å². The number of carbonyl (C=O) groups excluding carboxylic acids is 1. The van der Waals surface area contributed by atoms with Gasteiger partial charge in [0.15, 0.2) is 0 Å². The third kappa shape index (κ3) is 5.49. The molecule has 1 amide bonds. The Balaban J connectivity index is 0.00000264. The van der Waals surface area contributed by atoms with Crippen molar-refractivity contribution in [3.05, 3.63) is 59.7 Å². The van der Waals surface area contributed by atoms with Crippen LogP contribution in [0.25, 0.3) is 0 Å². The Bertz CT molecular complexity index is 659. The molecule has 0 aliphatic heterocycles. The van der Waals surface area contributed by atoms with Gasteiger partial charge in [-0.2, -0.15) is 0 Å². The second-order valence-electron chi connectivity index (χ2n) is 5.56. The summed E-state index contributed by atoms with van der Waals surface area (Å²) in [5.41, 5.74) is 7.84. The molecule has 0 saturated heterocycles. The van der Waals surface area contributed by atoms with E-state index < -0.39 is 0 Å². The fourth-order valence-electron chi connectivity index (χ4n) is 2.17. The van der Waals surface area contributed by atoms with Crippen molar-refractivity contribution >= 4 is 24.0 Å². The van der Waals surface area contributed by atoms with Crippen LogP contribution in [0.5, 0.6) is 5.75 Å². The summed E-state index contributed by atoms with van der Waals surface area (Å²) in [6, 6.07) is 14.6. The molecule has 2 rings (SSSR count). The van der Waals surface area contributed by atoms with Gasteiger partial charge in [-0.15, -0.1) is 12.4 Å². The van der Waals surface area contributed by atoms with Crippen molar-refractivity contribution in [1.29, 1.82) is 0 Å². The van der Waals surface area contributed by atoms with Gasteiger partial charge < -0.3 is 15.8 Å². The van der Waals surface area contributed by atoms with Crippen molar-refractivity contribution < 1.29 is 9.53 Å². The van der Waals surface area contributed by atoms with E-state index in [0.29, 0.717) is 11.3 Å². The van der Waals surface area contributed by atoms with Crippen LogP contribution in [0, 0.1) is 0 Å². The van der Waals surface area contributed by atoms with Gasteiger partial charge >= 0.3 is 0 Å². The second kappa shape index (κ2) is 8.44. The van der Waals surface area contributed by atoms with Crippen LogP contribution in [0.1, 0.15) is 42.7 Å². The molecule has 0 bridgehead atoms. The number of benzene rings is 2. The molecule has 2 aromatic carbocycles. The topological polar surface area (TPSA) is 64.3 Å². The number of rotatable bonds is 5. The number of nitrogens with one attached hydrogen (secondary N) is 1. The monoisotopic (exact) mass is 334 g/mol. The number of nitrogens with two attached hydrogens (primary N) is 1. The first-order chi connectivity index (χ1) is 10.5. The average molecular weight is 335 g/mol. The molecule has 2 aromatic rings. The Morgan fingerprint density at radius 3 is 2.43 bits per heavy atom. The molecular weight excluding hydrogens is 312 g/mol. The summed E-state index contributed by atoms with van der Waals surface area (Å²) in [4.78, 5) is 12.2. The van der Waals surface area contributed by atoms with Crippen LogP contribution in [0.4, 0.5) is 5.69 Å². The van der Waals surface area contributed by atoms with E-state index in [1.54, 1.807) is 24.3 Å². The molecule has 3 N–H and O–H groups in total. The minimum atomic E-state index is -0.144. The second-order valence-corrected chi connectivity index (χ2v) is 5.56. The summed E-state index contributed by atoms with van der Waals surface area (Å²) >= 11 is 0. The van der Waals surface area contributed by atoms with Gasteiger partial charge in [0.2, 0.25) is 0 Å². The van der Waals surface area contributed by atoms with E-state index in [2.05, 4.69) is 5.32 Å². The van der Waals surface area contributed by atoms with Gasteiger partial charge in [0.25, 0.3) is 5.91 Å². The van der Waals surface area contributed by atoms with E-state index in [0.717, 1.165) is 11.3 Å². The Morgan fingerprint density at radius 2 is 1.78 bits per heavy atom. The first kappa shape index (κ1) is 18.8. The molecule has 0 aliphatic rings. The van der Waals surface area contributed by atoms with Gasteiger partial charge in [-0.05, 0) is 56.7 Å². The zero-order valence-electron chi connectivity index (χ0n) is 13.6. The van der Waals surface area contributed by atoms with Gasteiger partial charge in [-0.3, -0.25) is 4.79 Å². The van der Waals surface area contributed by atoms with Crippen molar-refractivity contribution in [2.24, 2.45) is 0 Å². The number of anilines is 1. The molecule has 1 unspecified atom stereocenters. The molecule has 0 spiro atoms. The lowest BCUT2D eigenvalue weighted by atomic mass is 10.1. The summed E-state index contributed by atoms with van der Waals surface area (Å²) in [5, 5.41) is 2.97. The SMILES string of the molecule is CC(C)Oc1cccc(C(C)NC(=O)c2cccc(N)c2)c1.Cl. The number of halogens is 1. The first-order valence-electron chi connectivity index (χ1n) is 7.38. The maximum atomic E-state index is 12.2. The number of amides is 1. The standard InChI is InChI=1S/C18H22N2O2.ClH/c1-12(2)22-17-9-5-6-14(11-17)13(3)20-18(21)15-7-4-8-16(19)10-15;/h4-13H,19H2,1-3H3,(H,20,21);1H. The quantitative estimate of drug-likeness (QED) is 0.813. The summed E-state index contributed by atoms with van der Waals surface area (Å²) in [6.45, 7) is 5.91. The van der Waals surface area contributed by atoms with Crippen LogP contribution in [-0.4, -0.2) is 12.0 Å². The number of nitrogen functional groups attached to an aromatic ring is 1. The molecule has 0 aliphatic carbocycles. The third-order valence-electron chi connectivity index (χ3n) is 3.23. The maximum Gasteiger partial charge on any atom is 0.251 e. The van der Waals surface area contributed by atoms with Crippen LogP contribution < -0.4 is 15.8 Å². The highest BCUT2D eigenvalue weighted by Crippen LogP contribution is 2.20. The van der Waals surface area contributed by atoms with Crippen molar-refractivity contribution in [3.63, 3.8) is 0 Å². The molecule has 0 radical (unpaired) electrons. The number of hydrogen-bond acceptors (Lipinski definition) is 3. The average Bonchev–Trinajstić information content (AvgIpc) is 2.46. The van der Waals surface area contributed by atoms with E-state index in [9.17, 15) is 4.79 Å². The summed E-state index contributed by atoms with van der Waals surface area (Å²) < 4.78 is 5.68. The van der Waals surface area contributed by atoms with Gasteiger partial charge in [0, 0.05) is 11.3 Å². The van der Waals surface area contributed by atoms with Crippen LogP contribution in [0.15, 0.2) is 48.5 Å². The molecule has 5 heteroatoms. The lowest BCUT2D eigenvalue weighted by Crippen LogP contribution is -2.26. The van der Waals surface area contributed by atoms with Crippen molar-refractivity contribution in [1.82, 2.24) is 5.32 Å². The molecule has 0 aromatic heterocycles. The van der Waals surface area contributed by atoms with Crippen molar-refractivity contribution in [3.8, 4) is 5.75 Å². The van der Waals surface area contributed by atoms with Crippen LogP contribution in [-0.2, 0) is 0 Å². The number of carbonyl (C=O) groups is 1. The Hall–Kier alpha value is -2.20. The van der Waals surface area contributed by atoms with Gasteiger partial charge in [-0.25, -0.2) is 0 Å². The highest BCUT2D eigenvalue weighted by molar-refractivity contribution is 5.95. The number of ether oxygens (including phenoxy) is 1. The van der Waals surface area contributed by atoms with Gasteiger partial charge in [-0.1, -0.05) is 18.2 Å². The Labute approximate surface area is 143 Å². The maximum absolute atomic E-state index is 12.2. The zero-order chi connectivity index (χ0) is 16.1. The minimum absolute atomic E-state index is 0. The molecule has 1 atom stereocenters. The fourth-order valence-corrected chi connectivity index (χ4v) is 2.17. The minimum Gasteiger partial charge on any atom is -0.491 e. The predicted octanol–water partition coefficient (Wildman–Crippen LogP) is 3.97. The molecule has 0 saturated carbocycles. The van der Waals surface area contributed by atoms with Crippen LogP contribution in [0.2, 0.25) is 0 Å². The lowest BCUT2D eigenvalue weighted by Gasteiger charge is -2.16. The van der Waals surface area contributed by atoms with Gasteiger partial charge in [0.05, 0.1) is 12.1 Å². The smallest absolute Gasteiger partial charge is 0.251 e. The fraction of sp³-hybridized carbons (Fsp3) is 0.278. The van der Waals surface area contributed by atoms with E-state index in [4.69, 9.17) is 10.5 Å². The van der Waals surface area contributed by atoms with Crippen LogP contribution in [0.3, 0.4) is 0 Å². The predicted molar refractivity (Wildman–Crippen MR) is 96.2 cm³/mol. The largest absolute Gasteiger partial charge is 0.491 e. The molecule has 0 heterocycles. The molecule has 23 heavy (non-hydrogen) atoms. The normalized spacial score (nSPS) is 11.5. The molecule has 4 nitrogen and oxygen atoms in total. The summed E-state index contributed by atoms with van der Waals surface area (Å²) in [5.74, 6) is 0.660. The van der Waals surface area contributed by atoms with E-state index in [-0.39, 0.29) is 30.5 Å². The Morgan fingerprint density at radius 1 is 1.09 bits per heavy atom. The molecule has 124 valence electrons. The third-order valence-corrected chi connectivity index (χ3v) is 3.23. The Kier molecular flexibility index (Phi) is 6.91. The van der Waals surface area contributed by atoms with E-state index in [1.807, 2.05) is 45.0 Å². The zero-order valence-corrected chi connectivity index (χ0v) is 14.4. The molecular formula is C18H23ClN2O2. The highest BCUT2D eigenvalue weighted by atomic mass is 35.5. The lowest BCUT2D eigenvalue weighted by molar-refractivity contribution is 0.0939. The molecule has 0 fully saturated rings. The van der Waals surface area contributed by atoms with Crippen molar-refractivity contribution in [2.45, 2.75) is 32.9 Å². The summed E-state index contributed by atoms with van der Waals surface area (Å²) in [7, 11) is 0. The first-order valence-corrected chi connectivity index (χ1v) is 7.38. The van der Waals surface area contributed by atoms with Crippen molar-refractivity contribution in [2.75, 3.05) is 5.73 Å². The van der Waals surface area contributed by atoms with E-state index in [1.165, 1.54) is 0 Å². The summed E-state index contributed by atoms with van der Waals surface area (Å²) in [6.07, 6.45) is 0.118. The highest BCUT2D eigenvalue weighted by Gasteiger charge is 2.12. The van der Waals surface area contributed by atoms with E-state index >= 15 is 0 Å². The number of hydrogen-bond donors (Lipinski definition) is 2. The van der Waals surface area contributed by atoms with Crippen LogP contribution >= 0.6 is 12.4 Å².